The van der Waals surface area contributed by atoms with Crippen LogP contribution >= 0.6 is 0 Å². The largest absolute Gasteiger partial charge is 0.322 e. The van der Waals surface area contributed by atoms with E-state index < -0.39 is 0 Å². The minimum atomic E-state index is -0.246. The van der Waals surface area contributed by atoms with Crippen molar-refractivity contribution in [1.82, 2.24) is 9.47 Å². The maximum absolute atomic E-state index is 12.5. The number of aromatic nitrogens is 1. The quantitative estimate of drug-likeness (QED) is 0.919. The number of hydrogen-bond donors (Lipinski definition) is 1. The van der Waals surface area contributed by atoms with E-state index >= 15 is 0 Å². The second kappa shape index (κ2) is 7.45. The Kier molecular flexibility index (Phi) is 5.11. The van der Waals surface area contributed by atoms with Crippen LogP contribution in [0.1, 0.15) is 35.7 Å². The monoisotopic (exact) mass is 325 g/mol. The van der Waals surface area contributed by atoms with E-state index in [1.807, 2.05) is 31.2 Å². The van der Waals surface area contributed by atoms with Crippen LogP contribution in [-0.2, 0) is 13.1 Å². The Morgan fingerprint density at radius 2 is 1.92 bits per heavy atom. The molecule has 2 heterocycles. The summed E-state index contributed by atoms with van der Waals surface area (Å²) in [6.07, 6.45) is 4.14. The topological polar surface area (TPSA) is 54.3 Å². The molecule has 1 aromatic heterocycles. The van der Waals surface area contributed by atoms with Crippen LogP contribution in [0, 0.1) is 0 Å². The standard InChI is InChI=1S/C19H23N3O2/c1-2-22-12-9-15(13-18(22)23)19(24)20-17-8-4-3-7-16(17)14-21-10-5-6-11-21/h3-4,7-9,12-13H,2,5-6,10-11,14H2,1H3,(H,20,24). The molecule has 0 bridgehead atoms. The highest BCUT2D eigenvalue weighted by Gasteiger charge is 2.15. The highest BCUT2D eigenvalue weighted by atomic mass is 16.2. The lowest BCUT2D eigenvalue weighted by Crippen LogP contribution is -2.23. The Balaban J connectivity index is 1.76. The zero-order valence-electron chi connectivity index (χ0n) is 14.0. The number of carbonyl (C=O) groups is 1. The van der Waals surface area contributed by atoms with Gasteiger partial charge in [-0.1, -0.05) is 18.2 Å². The summed E-state index contributed by atoms with van der Waals surface area (Å²) in [4.78, 5) is 26.8. The number of aryl methyl sites for hydroxylation is 1. The summed E-state index contributed by atoms with van der Waals surface area (Å²) in [5.74, 6) is -0.246. The minimum Gasteiger partial charge on any atom is -0.322 e. The van der Waals surface area contributed by atoms with Crippen molar-refractivity contribution in [1.29, 1.82) is 0 Å². The second-order valence-electron chi connectivity index (χ2n) is 6.13. The summed E-state index contributed by atoms with van der Waals surface area (Å²) in [5, 5.41) is 2.95. The SMILES string of the molecule is CCn1ccc(C(=O)Nc2ccccc2CN2CCCC2)cc1=O. The number of para-hydroxylation sites is 1. The summed E-state index contributed by atoms with van der Waals surface area (Å²) in [5.41, 5.74) is 2.15. The third-order valence-electron chi connectivity index (χ3n) is 4.46. The van der Waals surface area contributed by atoms with Crippen LogP contribution in [0.25, 0.3) is 0 Å². The van der Waals surface area contributed by atoms with Crippen molar-refractivity contribution in [2.75, 3.05) is 18.4 Å². The van der Waals surface area contributed by atoms with E-state index in [0.29, 0.717) is 12.1 Å². The van der Waals surface area contributed by atoms with Crippen LogP contribution in [0.2, 0.25) is 0 Å². The highest BCUT2D eigenvalue weighted by Crippen LogP contribution is 2.20. The molecular weight excluding hydrogens is 302 g/mol. The second-order valence-corrected chi connectivity index (χ2v) is 6.13. The van der Waals surface area contributed by atoms with E-state index in [-0.39, 0.29) is 11.5 Å². The zero-order valence-corrected chi connectivity index (χ0v) is 14.0. The molecule has 0 aliphatic carbocycles. The van der Waals surface area contributed by atoms with Crippen LogP contribution < -0.4 is 10.9 Å². The third kappa shape index (κ3) is 3.74. The first-order chi connectivity index (χ1) is 11.7. The Bertz CT molecular complexity index is 776. The third-order valence-corrected chi connectivity index (χ3v) is 4.46. The van der Waals surface area contributed by atoms with Gasteiger partial charge in [-0.2, -0.15) is 0 Å². The number of anilines is 1. The lowest BCUT2D eigenvalue weighted by molar-refractivity contribution is 0.102. The molecule has 126 valence electrons. The molecule has 1 saturated heterocycles. The number of amides is 1. The number of rotatable bonds is 5. The van der Waals surface area contributed by atoms with E-state index in [4.69, 9.17) is 0 Å². The van der Waals surface area contributed by atoms with E-state index in [9.17, 15) is 9.59 Å². The van der Waals surface area contributed by atoms with Gasteiger partial charge in [0.2, 0.25) is 0 Å². The molecular formula is C19H23N3O2. The predicted octanol–water partition coefficient (Wildman–Crippen LogP) is 2.72. The fourth-order valence-electron chi connectivity index (χ4n) is 3.07. The summed E-state index contributed by atoms with van der Waals surface area (Å²) in [7, 11) is 0. The van der Waals surface area contributed by atoms with Crippen LogP contribution in [0.3, 0.4) is 0 Å². The molecule has 0 spiro atoms. The zero-order chi connectivity index (χ0) is 16.9. The van der Waals surface area contributed by atoms with E-state index in [2.05, 4.69) is 10.2 Å². The van der Waals surface area contributed by atoms with E-state index in [1.165, 1.54) is 18.9 Å². The predicted molar refractivity (Wildman–Crippen MR) is 95.3 cm³/mol. The van der Waals surface area contributed by atoms with Crippen molar-refractivity contribution in [3.63, 3.8) is 0 Å². The summed E-state index contributed by atoms with van der Waals surface area (Å²) in [6, 6.07) is 10.9. The fraction of sp³-hybridized carbons (Fsp3) is 0.368. The highest BCUT2D eigenvalue weighted by molar-refractivity contribution is 6.04. The van der Waals surface area contributed by atoms with Crippen LogP contribution in [0.4, 0.5) is 5.69 Å². The van der Waals surface area contributed by atoms with Gasteiger partial charge in [-0.3, -0.25) is 14.5 Å². The molecule has 24 heavy (non-hydrogen) atoms. The maximum atomic E-state index is 12.5. The number of nitrogens with zero attached hydrogens (tertiary/aromatic N) is 2. The van der Waals surface area contributed by atoms with Crippen molar-refractivity contribution < 1.29 is 4.79 Å². The van der Waals surface area contributed by atoms with Crippen molar-refractivity contribution in [2.24, 2.45) is 0 Å². The molecule has 0 radical (unpaired) electrons. The Morgan fingerprint density at radius 1 is 1.17 bits per heavy atom. The molecule has 5 heteroatoms. The van der Waals surface area contributed by atoms with E-state index in [1.54, 1.807) is 16.8 Å². The van der Waals surface area contributed by atoms with Crippen LogP contribution in [0.5, 0.6) is 0 Å². The molecule has 1 aromatic carbocycles. The number of likely N-dealkylation sites (tertiary alicyclic amines) is 1. The molecule has 5 nitrogen and oxygen atoms in total. The lowest BCUT2D eigenvalue weighted by atomic mass is 10.1. The summed E-state index contributed by atoms with van der Waals surface area (Å²) < 4.78 is 1.57. The normalized spacial score (nSPS) is 14.7. The van der Waals surface area contributed by atoms with Crippen LogP contribution in [-0.4, -0.2) is 28.5 Å². The molecule has 1 N–H and O–H groups in total. The molecule has 1 aliphatic rings. The van der Waals surface area contributed by atoms with Gasteiger partial charge in [0.15, 0.2) is 0 Å². The molecule has 0 atom stereocenters. The van der Waals surface area contributed by atoms with Crippen molar-refractivity contribution >= 4 is 11.6 Å². The van der Waals surface area contributed by atoms with Gasteiger partial charge in [0.1, 0.15) is 0 Å². The lowest BCUT2D eigenvalue weighted by Gasteiger charge is -2.18. The number of nitrogens with one attached hydrogen (secondary N) is 1. The van der Waals surface area contributed by atoms with Crippen molar-refractivity contribution in [3.8, 4) is 0 Å². The van der Waals surface area contributed by atoms with E-state index in [0.717, 1.165) is 30.9 Å². The van der Waals surface area contributed by atoms with Gasteiger partial charge in [0.25, 0.3) is 11.5 Å². The molecule has 1 aliphatic heterocycles. The molecule has 1 fully saturated rings. The summed E-state index contributed by atoms with van der Waals surface area (Å²) in [6.45, 7) is 5.55. The molecule has 3 rings (SSSR count). The van der Waals surface area contributed by atoms with Gasteiger partial charge in [-0.15, -0.1) is 0 Å². The van der Waals surface area contributed by atoms with Gasteiger partial charge >= 0.3 is 0 Å². The first-order valence-corrected chi connectivity index (χ1v) is 8.49. The fourth-order valence-corrected chi connectivity index (χ4v) is 3.07. The molecule has 0 unspecified atom stereocenters. The average molecular weight is 325 g/mol. The van der Waals surface area contributed by atoms with Gasteiger partial charge in [0, 0.05) is 36.6 Å². The van der Waals surface area contributed by atoms with Gasteiger partial charge in [-0.05, 0) is 50.6 Å². The Morgan fingerprint density at radius 3 is 2.62 bits per heavy atom. The van der Waals surface area contributed by atoms with Gasteiger partial charge < -0.3 is 9.88 Å². The number of hydrogen-bond acceptors (Lipinski definition) is 3. The van der Waals surface area contributed by atoms with Crippen molar-refractivity contribution in [2.45, 2.75) is 32.9 Å². The smallest absolute Gasteiger partial charge is 0.255 e. The first kappa shape index (κ1) is 16.5. The Labute approximate surface area is 141 Å². The van der Waals surface area contributed by atoms with Gasteiger partial charge in [-0.25, -0.2) is 0 Å². The molecule has 0 saturated carbocycles. The number of benzene rings is 1. The first-order valence-electron chi connectivity index (χ1n) is 8.49. The van der Waals surface area contributed by atoms with Crippen molar-refractivity contribution in [3.05, 3.63) is 64.1 Å². The molecule has 1 amide bonds. The average Bonchev–Trinajstić information content (AvgIpc) is 3.09. The summed E-state index contributed by atoms with van der Waals surface area (Å²) >= 11 is 0. The van der Waals surface area contributed by atoms with Gasteiger partial charge in [0.05, 0.1) is 0 Å². The maximum Gasteiger partial charge on any atom is 0.255 e. The minimum absolute atomic E-state index is 0.157. The van der Waals surface area contributed by atoms with Crippen LogP contribution in [0.15, 0.2) is 47.4 Å². The molecule has 2 aromatic rings. The number of carbonyl (C=O) groups excluding carboxylic acids is 1. The number of pyridine rings is 1. The Hall–Kier alpha value is -2.40.